The molecule has 2 heterocycles. The normalized spacial score (nSPS) is 27.2. The molecule has 0 aliphatic carbocycles. The zero-order chi connectivity index (χ0) is 13.5. The molecule has 0 aromatic carbocycles. The average Bonchev–Trinajstić information content (AvgIpc) is 2.75. The van der Waals surface area contributed by atoms with Crippen molar-refractivity contribution >= 4 is 0 Å². The second-order valence-corrected chi connectivity index (χ2v) is 6.48. The van der Waals surface area contributed by atoms with E-state index in [0.29, 0.717) is 6.04 Å². The molecule has 112 valence electrons. The van der Waals surface area contributed by atoms with Crippen LogP contribution < -0.4 is 5.32 Å². The summed E-state index contributed by atoms with van der Waals surface area (Å²) in [7, 11) is 0. The van der Waals surface area contributed by atoms with Gasteiger partial charge in [0.2, 0.25) is 0 Å². The second kappa shape index (κ2) is 8.23. The number of nitrogens with one attached hydrogen (secondary N) is 1. The van der Waals surface area contributed by atoms with Crippen molar-refractivity contribution in [2.24, 2.45) is 0 Å². The van der Waals surface area contributed by atoms with Crippen molar-refractivity contribution in [3.8, 4) is 0 Å². The van der Waals surface area contributed by atoms with Gasteiger partial charge in [0.25, 0.3) is 0 Å². The molecule has 0 bridgehead atoms. The van der Waals surface area contributed by atoms with Crippen LogP contribution in [0.4, 0.5) is 0 Å². The number of nitrogens with zero attached hydrogens (tertiary/aromatic N) is 2. The van der Waals surface area contributed by atoms with E-state index in [9.17, 15) is 0 Å². The van der Waals surface area contributed by atoms with Crippen molar-refractivity contribution in [3.63, 3.8) is 0 Å². The summed E-state index contributed by atoms with van der Waals surface area (Å²) < 4.78 is 0. The molecule has 0 amide bonds. The van der Waals surface area contributed by atoms with Crippen molar-refractivity contribution in [2.45, 2.75) is 64.5 Å². The van der Waals surface area contributed by atoms with Crippen molar-refractivity contribution < 1.29 is 0 Å². The first kappa shape index (κ1) is 15.3. The van der Waals surface area contributed by atoms with Gasteiger partial charge in [0.15, 0.2) is 0 Å². The van der Waals surface area contributed by atoms with Crippen molar-refractivity contribution in [1.29, 1.82) is 0 Å². The minimum absolute atomic E-state index is 0.690. The molecule has 2 aliphatic rings. The van der Waals surface area contributed by atoms with Crippen LogP contribution in [0.5, 0.6) is 0 Å². The summed E-state index contributed by atoms with van der Waals surface area (Å²) in [5.41, 5.74) is 0. The first-order valence-electron chi connectivity index (χ1n) is 8.49. The van der Waals surface area contributed by atoms with Crippen LogP contribution in [-0.2, 0) is 0 Å². The first-order valence-corrected chi connectivity index (χ1v) is 8.49. The zero-order valence-corrected chi connectivity index (χ0v) is 13.0. The molecule has 1 N–H and O–H groups in total. The molecule has 2 unspecified atom stereocenters. The molecule has 3 heteroatoms. The number of rotatable bonds is 7. The minimum Gasteiger partial charge on any atom is -0.314 e. The molecule has 2 saturated heterocycles. The largest absolute Gasteiger partial charge is 0.314 e. The van der Waals surface area contributed by atoms with Gasteiger partial charge in [0.1, 0.15) is 0 Å². The molecule has 19 heavy (non-hydrogen) atoms. The third-order valence-electron chi connectivity index (χ3n) is 4.74. The Kier molecular flexibility index (Phi) is 6.62. The van der Waals surface area contributed by atoms with Gasteiger partial charge in [-0.1, -0.05) is 6.92 Å². The van der Waals surface area contributed by atoms with E-state index in [4.69, 9.17) is 0 Å². The lowest BCUT2D eigenvalue weighted by molar-refractivity contribution is 0.216. The van der Waals surface area contributed by atoms with Crippen LogP contribution in [-0.4, -0.2) is 61.2 Å². The van der Waals surface area contributed by atoms with Gasteiger partial charge in [-0.2, -0.15) is 0 Å². The standard InChI is InChI=1S/C16H33N3/c1-3-9-17-15(2)7-4-10-18-11-6-13-19-12-5-8-16(19)14-18/h15-17H,3-14H2,1-2H3. The van der Waals surface area contributed by atoms with E-state index in [2.05, 4.69) is 29.0 Å². The Morgan fingerprint density at radius 1 is 1.21 bits per heavy atom. The predicted octanol–water partition coefficient (Wildman–Crippen LogP) is 2.32. The van der Waals surface area contributed by atoms with Crippen LogP contribution in [0.25, 0.3) is 0 Å². The van der Waals surface area contributed by atoms with Gasteiger partial charge < -0.3 is 10.2 Å². The Morgan fingerprint density at radius 2 is 2.05 bits per heavy atom. The van der Waals surface area contributed by atoms with Gasteiger partial charge >= 0.3 is 0 Å². The first-order chi connectivity index (χ1) is 9.29. The molecule has 2 rings (SSSR count). The van der Waals surface area contributed by atoms with Gasteiger partial charge in [-0.05, 0) is 78.2 Å². The molecule has 2 atom stereocenters. The van der Waals surface area contributed by atoms with Gasteiger partial charge in [-0.3, -0.25) is 4.90 Å². The van der Waals surface area contributed by atoms with Crippen molar-refractivity contribution in [2.75, 3.05) is 39.3 Å². The van der Waals surface area contributed by atoms with Gasteiger partial charge in [0.05, 0.1) is 0 Å². The minimum atomic E-state index is 0.690. The van der Waals surface area contributed by atoms with E-state index in [0.717, 1.165) is 6.04 Å². The Balaban J connectivity index is 1.62. The van der Waals surface area contributed by atoms with E-state index in [1.807, 2.05) is 0 Å². The Morgan fingerprint density at radius 3 is 2.89 bits per heavy atom. The van der Waals surface area contributed by atoms with Crippen LogP contribution in [0, 0.1) is 0 Å². The van der Waals surface area contributed by atoms with Gasteiger partial charge in [0, 0.05) is 18.6 Å². The predicted molar refractivity (Wildman–Crippen MR) is 82.6 cm³/mol. The summed E-state index contributed by atoms with van der Waals surface area (Å²) in [5, 5.41) is 3.59. The van der Waals surface area contributed by atoms with Crippen LogP contribution in [0.15, 0.2) is 0 Å². The monoisotopic (exact) mass is 267 g/mol. The molecule has 2 aliphatic heterocycles. The van der Waals surface area contributed by atoms with Crippen molar-refractivity contribution in [3.05, 3.63) is 0 Å². The summed E-state index contributed by atoms with van der Waals surface area (Å²) in [6.07, 6.45) is 8.16. The summed E-state index contributed by atoms with van der Waals surface area (Å²) in [6, 6.07) is 1.56. The summed E-state index contributed by atoms with van der Waals surface area (Å²) in [4.78, 5) is 5.45. The van der Waals surface area contributed by atoms with Crippen LogP contribution >= 0.6 is 0 Å². The average molecular weight is 267 g/mol. The summed E-state index contributed by atoms with van der Waals surface area (Å²) in [5.74, 6) is 0. The molecule has 0 aromatic heterocycles. The van der Waals surface area contributed by atoms with Crippen LogP contribution in [0.2, 0.25) is 0 Å². The van der Waals surface area contributed by atoms with E-state index in [1.54, 1.807) is 0 Å². The van der Waals surface area contributed by atoms with Gasteiger partial charge in [-0.15, -0.1) is 0 Å². The Bertz CT molecular complexity index is 244. The Hall–Kier alpha value is -0.120. The fourth-order valence-electron chi connectivity index (χ4n) is 3.60. The maximum absolute atomic E-state index is 3.59. The van der Waals surface area contributed by atoms with E-state index < -0.39 is 0 Å². The van der Waals surface area contributed by atoms with E-state index >= 15 is 0 Å². The van der Waals surface area contributed by atoms with Crippen molar-refractivity contribution in [1.82, 2.24) is 15.1 Å². The molecule has 0 radical (unpaired) electrons. The zero-order valence-electron chi connectivity index (χ0n) is 13.0. The quantitative estimate of drug-likeness (QED) is 0.764. The van der Waals surface area contributed by atoms with Crippen LogP contribution in [0.1, 0.15) is 52.4 Å². The van der Waals surface area contributed by atoms with E-state index in [-0.39, 0.29) is 0 Å². The second-order valence-electron chi connectivity index (χ2n) is 6.48. The third-order valence-corrected chi connectivity index (χ3v) is 4.74. The number of hydrogen-bond donors (Lipinski definition) is 1. The van der Waals surface area contributed by atoms with E-state index in [1.165, 1.54) is 77.8 Å². The SMILES string of the molecule is CCCNC(C)CCCN1CCCN2CCCC2C1. The molecular weight excluding hydrogens is 234 g/mol. The number of fused-ring (bicyclic) bond motifs is 1. The molecule has 0 spiro atoms. The molecular formula is C16H33N3. The lowest BCUT2D eigenvalue weighted by Gasteiger charge is -2.26. The molecule has 3 nitrogen and oxygen atoms in total. The fraction of sp³-hybridized carbons (Fsp3) is 1.00. The maximum atomic E-state index is 3.59. The highest BCUT2D eigenvalue weighted by atomic mass is 15.3. The lowest BCUT2D eigenvalue weighted by atomic mass is 10.1. The Labute approximate surface area is 119 Å². The summed E-state index contributed by atoms with van der Waals surface area (Å²) in [6.45, 7) is 12.4. The highest BCUT2D eigenvalue weighted by Crippen LogP contribution is 2.21. The number of hydrogen-bond acceptors (Lipinski definition) is 3. The topological polar surface area (TPSA) is 18.5 Å². The molecule has 2 fully saturated rings. The maximum Gasteiger partial charge on any atom is 0.0223 e. The lowest BCUT2D eigenvalue weighted by Crippen LogP contribution is -2.37. The van der Waals surface area contributed by atoms with Crippen LogP contribution in [0.3, 0.4) is 0 Å². The fourth-order valence-corrected chi connectivity index (χ4v) is 3.60. The molecule has 0 aromatic rings. The smallest absolute Gasteiger partial charge is 0.0223 e. The van der Waals surface area contributed by atoms with Gasteiger partial charge in [-0.25, -0.2) is 0 Å². The highest BCUT2D eigenvalue weighted by molar-refractivity contribution is 4.84. The molecule has 0 saturated carbocycles. The highest BCUT2D eigenvalue weighted by Gasteiger charge is 2.28. The summed E-state index contributed by atoms with van der Waals surface area (Å²) >= 11 is 0. The third kappa shape index (κ3) is 5.05.